The van der Waals surface area contributed by atoms with Crippen LogP contribution in [0.15, 0.2) is 30.7 Å². The lowest BCUT2D eigenvalue weighted by Crippen LogP contribution is -1.96. The lowest BCUT2D eigenvalue weighted by molar-refractivity contribution is 0.963. The lowest BCUT2D eigenvalue weighted by atomic mass is 10.3. The third-order valence-electron chi connectivity index (χ3n) is 1.97. The average Bonchev–Trinajstić information content (AvgIpc) is 2.65. The summed E-state index contributed by atoms with van der Waals surface area (Å²) in [5.41, 5.74) is 1.34. The maximum absolute atomic E-state index is 8.58. The fraction of sp³-hybridized carbons (Fsp3) is 0.100. The molecule has 0 saturated heterocycles. The Morgan fingerprint density at radius 2 is 2.21 bits per heavy atom. The molecule has 0 unspecified atom stereocenters. The molecular formula is C10H8N4. The molecule has 0 bridgehead atoms. The zero-order valence-corrected chi connectivity index (χ0v) is 7.68. The largest absolute Gasteiger partial charge is 0.302 e. The number of aromatic nitrogens is 3. The van der Waals surface area contributed by atoms with Gasteiger partial charge in [0.1, 0.15) is 17.6 Å². The van der Waals surface area contributed by atoms with Gasteiger partial charge in [-0.2, -0.15) is 5.26 Å². The molecule has 14 heavy (non-hydrogen) atoms. The van der Waals surface area contributed by atoms with E-state index in [-0.39, 0.29) is 0 Å². The van der Waals surface area contributed by atoms with Gasteiger partial charge in [-0.25, -0.2) is 9.97 Å². The van der Waals surface area contributed by atoms with Crippen molar-refractivity contribution in [3.8, 4) is 11.8 Å². The van der Waals surface area contributed by atoms with Crippen LogP contribution in [0.1, 0.15) is 11.5 Å². The molecule has 0 atom stereocenters. The van der Waals surface area contributed by atoms with Crippen molar-refractivity contribution >= 4 is 0 Å². The van der Waals surface area contributed by atoms with E-state index in [0.717, 1.165) is 11.5 Å². The van der Waals surface area contributed by atoms with Crippen molar-refractivity contribution in [2.24, 2.45) is 0 Å². The van der Waals surface area contributed by atoms with Crippen LogP contribution in [0.2, 0.25) is 0 Å². The van der Waals surface area contributed by atoms with E-state index in [0.29, 0.717) is 5.69 Å². The van der Waals surface area contributed by atoms with Crippen molar-refractivity contribution in [2.75, 3.05) is 0 Å². The molecule has 0 fully saturated rings. The molecule has 0 aliphatic rings. The quantitative estimate of drug-likeness (QED) is 0.674. The summed E-state index contributed by atoms with van der Waals surface area (Å²) >= 11 is 0. The molecule has 0 aliphatic carbocycles. The van der Waals surface area contributed by atoms with Gasteiger partial charge >= 0.3 is 0 Å². The predicted molar refractivity (Wildman–Crippen MR) is 50.8 cm³/mol. The first-order chi connectivity index (χ1) is 6.81. The fourth-order valence-electron chi connectivity index (χ4n) is 1.25. The van der Waals surface area contributed by atoms with Crippen LogP contribution in [0.3, 0.4) is 0 Å². The Morgan fingerprint density at radius 3 is 2.71 bits per heavy atom. The summed E-state index contributed by atoms with van der Waals surface area (Å²) in [6, 6.07) is 5.51. The minimum absolute atomic E-state index is 0.423. The van der Waals surface area contributed by atoms with Gasteiger partial charge in [-0.15, -0.1) is 0 Å². The van der Waals surface area contributed by atoms with E-state index in [1.54, 1.807) is 18.5 Å². The number of hydrogen-bond donors (Lipinski definition) is 0. The number of nitrogens with zero attached hydrogens (tertiary/aromatic N) is 4. The molecule has 68 valence electrons. The van der Waals surface area contributed by atoms with E-state index in [9.17, 15) is 0 Å². The summed E-state index contributed by atoms with van der Waals surface area (Å²) in [6.07, 6.45) is 5.25. The highest BCUT2D eigenvalue weighted by atomic mass is 15.1. The number of hydrogen-bond acceptors (Lipinski definition) is 3. The summed E-state index contributed by atoms with van der Waals surface area (Å²) in [4.78, 5) is 8.09. The highest BCUT2D eigenvalue weighted by molar-refractivity contribution is 5.34. The van der Waals surface area contributed by atoms with Gasteiger partial charge in [0.2, 0.25) is 0 Å². The summed E-state index contributed by atoms with van der Waals surface area (Å²) in [6.45, 7) is 1.91. The van der Waals surface area contributed by atoms with Crippen LogP contribution < -0.4 is 0 Å². The van der Waals surface area contributed by atoms with Gasteiger partial charge in [-0.1, -0.05) is 0 Å². The van der Waals surface area contributed by atoms with Gasteiger partial charge in [0.25, 0.3) is 0 Å². The molecule has 2 rings (SSSR count). The Labute approximate surface area is 81.5 Å². The second kappa shape index (κ2) is 3.30. The van der Waals surface area contributed by atoms with Gasteiger partial charge in [0.05, 0.1) is 11.9 Å². The zero-order valence-electron chi connectivity index (χ0n) is 7.68. The molecule has 0 aliphatic heterocycles. The molecule has 2 heterocycles. The van der Waals surface area contributed by atoms with E-state index in [2.05, 4.69) is 9.97 Å². The molecule has 0 amide bonds. The topological polar surface area (TPSA) is 54.5 Å². The van der Waals surface area contributed by atoms with Crippen molar-refractivity contribution in [2.45, 2.75) is 6.92 Å². The van der Waals surface area contributed by atoms with Crippen LogP contribution >= 0.6 is 0 Å². The van der Waals surface area contributed by atoms with E-state index in [1.807, 2.05) is 29.8 Å². The molecule has 2 aromatic rings. The molecule has 0 radical (unpaired) electrons. The van der Waals surface area contributed by atoms with E-state index in [4.69, 9.17) is 5.26 Å². The molecular weight excluding hydrogens is 176 g/mol. The predicted octanol–water partition coefficient (Wildman–Crippen LogP) is 1.45. The first-order valence-electron chi connectivity index (χ1n) is 4.18. The first kappa shape index (κ1) is 8.45. The summed E-state index contributed by atoms with van der Waals surface area (Å²) < 4.78 is 1.91. The Bertz CT molecular complexity index is 476. The van der Waals surface area contributed by atoms with Crippen LogP contribution in [-0.4, -0.2) is 14.5 Å². The average molecular weight is 184 g/mol. The van der Waals surface area contributed by atoms with Gasteiger partial charge in [-0.3, -0.25) is 0 Å². The van der Waals surface area contributed by atoms with Crippen molar-refractivity contribution < 1.29 is 0 Å². The van der Waals surface area contributed by atoms with Crippen LogP contribution in [0.4, 0.5) is 0 Å². The van der Waals surface area contributed by atoms with Crippen LogP contribution in [0, 0.1) is 18.3 Å². The number of rotatable bonds is 1. The summed E-state index contributed by atoms with van der Waals surface area (Å²) in [5.74, 6) is 0.900. The van der Waals surface area contributed by atoms with E-state index >= 15 is 0 Å². The molecule has 0 spiro atoms. The van der Waals surface area contributed by atoms with Crippen LogP contribution in [-0.2, 0) is 0 Å². The Kier molecular flexibility index (Phi) is 1.99. The van der Waals surface area contributed by atoms with Crippen molar-refractivity contribution in [3.63, 3.8) is 0 Å². The standard InChI is InChI=1S/C10H8N4/c1-8-12-4-5-14(8)10-3-2-9(6-11)13-7-10/h2-5,7H,1H3. The monoisotopic (exact) mass is 184 g/mol. The van der Waals surface area contributed by atoms with Gasteiger partial charge < -0.3 is 4.57 Å². The van der Waals surface area contributed by atoms with E-state index < -0.39 is 0 Å². The molecule has 0 N–H and O–H groups in total. The van der Waals surface area contributed by atoms with Crippen molar-refractivity contribution in [1.29, 1.82) is 5.26 Å². The maximum Gasteiger partial charge on any atom is 0.140 e. The molecule has 0 saturated carbocycles. The number of imidazole rings is 1. The Morgan fingerprint density at radius 1 is 1.36 bits per heavy atom. The second-order valence-corrected chi connectivity index (χ2v) is 2.86. The molecule has 2 aromatic heterocycles. The normalized spacial score (nSPS) is 9.71. The smallest absolute Gasteiger partial charge is 0.140 e. The van der Waals surface area contributed by atoms with E-state index in [1.165, 1.54) is 0 Å². The highest BCUT2D eigenvalue weighted by Crippen LogP contribution is 2.08. The number of pyridine rings is 1. The highest BCUT2D eigenvalue weighted by Gasteiger charge is 2.00. The molecule has 0 aromatic carbocycles. The summed E-state index contributed by atoms with van der Waals surface area (Å²) in [5, 5.41) is 8.58. The second-order valence-electron chi connectivity index (χ2n) is 2.86. The van der Waals surface area contributed by atoms with Gasteiger partial charge in [-0.05, 0) is 19.1 Å². The number of aryl methyl sites for hydroxylation is 1. The molecule has 4 nitrogen and oxygen atoms in total. The fourth-order valence-corrected chi connectivity index (χ4v) is 1.25. The Hall–Kier alpha value is -2.15. The van der Waals surface area contributed by atoms with Crippen molar-refractivity contribution in [1.82, 2.24) is 14.5 Å². The van der Waals surface area contributed by atoms with Crippen LogP contribution in [0.5, 0.6) is 0 Å². The Balaban J connectivity index is 2.45. The lowest BCUT2D eigenvalue weighted by Gasteiger charge is -2.03. The van der Waals surface area contributed by atoms with Gasteiger partial charge in [0, 0.05) is 12.4 Å². The maximum atomic E-state index is 8.58. The SMILES string of the molecule is Cc1nccn1-c1ccc(C#N)nc1. The van der Waals surface area contributed by atoms with Crippen LogP contribution in [0.25, 0.3) is 5.69 Å². The van der Waals surface area contributed by atoms with Crippen molar-refractivity contribution in [3.05, 3.63) is 42.2 Å². The third kappa shape index (κ3) is 1.36. The summed E-state index contributed by atoms with van der Waals surface area (Å²) in [7, 11) is 0. The minimum Gasteiger partial charge on any atom is -0.302 e. The zero-order chi connectivity index (χ0) is 9.97. The molecule has 4 heteroatoms. The van der Waals surface area contributed by atoms with Gasteiger partial charge in [0.15, 0.2) is 0 Å². The third-order valence-corrected chi connectivity index (χ3v) is 1.97. The minimum atomic E-state index is 0.423. The number of nitriles is 1. The first-order valence-corrected chi connectivity index (χ1v) is 4.18.